The molecule has 2 aromatic carbocycles. The average molecular weight is 345 g/mol. The molecule has 0 radical (unpaired) electrons. The Morgan fingerprint density at radius 3 is 2.54 bits per heavy atom. The van der Waals surface area contributed by atoms with Gasteiger partial charge in [-0.2, -0.15) is 0 Å². The lowest BCUT2D eigenvalue weighted by Crippen LogP contribution is -2.21. The Morgan fingerprint density at radius 1 is 1.08 bits per heavy atom. The van der Waals surface area contributed by atoms with Gasteiger partial charge in [-0.05, 0) is 30.0 Å². The molecule has 126 valence electrons. The molecule has 0 saturated carbocycles. The van der Waals surface area contributed by atoms with Gasteiger partial charge in [0, 0.05) is 4.90 Å². The van der Waals surface area contributed by atoms with Gasteiger partial charge in [0.1, 0.15) is 5.75 Å². The van der Waals surface area contributed by atoms with Crippen LogP contribution in [0.15, 0.2) is 53.4 Å². The highest BCUT2D eigenvalue weighted by molar-refractivity contribution is 7.99. The van der Waals surface area contributed by atoms with Crippen LogP contribution in [-0.2, 0) is 9.53 Å². The Morgan fingerprint density at radius 2 is 1.79 bits per heavy atom. The van der Waals surface area contributed by atoms with E-state index in [0.717, 1.165) is 10.6 Å². The molecule has 0 aliphatic carbocycles. The largest absolute Gasteiger partial charge is 0.495 e. The minimum atomic E-state index is -0.512. The van der Waals surface area contributed by atoms with Gasteiger partial charge in [0.25, 0.3) is 5.91 Å². The maximum Gasteiger partial charge on any atom is 0.339 e. The Kier molecular flexibility index (Phi) is 6.69. The third-order valence-electron chi connectivity index (χ3n) is 3.12. The Balaban J connectivity index is 1.95. The summed E-state index contributed by atoms with van der Waals surface area (Å²) in [5.74, 6) is 0.454. The molecule has 0 fully saturated rings. The molecule has 1 amide bonds. The number of ether oxygens (including phenoxy) is 2. The molecule has 1 N–H and O–H groups in total. The Bertz CT molecular complexity index is 718. The number of nitrogens with one attached hydrogen (secondary N) is 1. The highest BCUT2D eigenvalue weighted by atomic mass is 32.2. The second-order valence-electron chi connectivity index (χ2n) is 4.75. The van der Waals surface area contributed by atoms with Gasteiger partial charge in [0.15, 0.2) is 6.61 Å². The van der Waals surface area contributed by atoms with Gasteiger partial charge < -0.3 is 14.8 Å². The van der Waals surface area contributed by atoms with Gasteiger partial charge >= 0.3 is 5.97 Å². The zero-order valence-electron chi connectivity index (χ0n) is 13.6. The summed E-state index contributed by atoms with van der Waals surface area (Å²) < 4.78 is 10.3. The topological polar surface area (TPSA) is 64.6 Å². The summed E-state index contributed by atoms with van der Waals surface area (Å²) in [4.78, 5) is 25.0. The fourth-order valence-corrected chi connectivity index (χ4v) is 2.85. The first-order chi connectivity index (χ1) is 11.7. The van der Waals surface area contributed by atoms with E-state index in [4.69, 9.17) is 9.47 Å². The molecule has 0 heterocycles. The van der Waals surface area contributed by atoms with E-state index >= 15 is 0 Å². The number of hydrogen-bond donors (Lipinski definition) is 1. The van der Waals surface area contributed by atoms with Crippen LogP contribution < -0.4 is 10.1 Å². The number of hydrogen-bond acceptors (Lipinski definition) is 5. The van der Waals surface area contributed by atoms with Crippen LogP contribution in [0.25, 0.3) is 0 Å². The normalized spacial score (nSPS) is 10.1. The number of thioether (sulfide) groups is 1. The lowest BCUT2D eigenvalue weighted by molar-refractivity contribution is -0.119. The second kappa shape index (κ2) is 8.98. The van der Waals surface area contributed by atoms with Gasteiger partial charge in [-0.3, -0.25) is 4.79 Å². The maximum absolute atomic E-state index is 12.2. The SMILES string of the molecule is CCSc1ccccc1C(=O)OCC(=O)Nc1ccccc1OC. The number of amides is 1. The fourth-order valence-electron chi connectivity index (χ4n) is 2.06. The Hall–Kier alpha value is -2.47. The predicted molar refractivity (Wildman–Crippen MR) is 94.7 cm³/mol. The summed E-state index contributed by atoms with van der Waals surface area (Å²) in [6.07, 6.45) is 0. The number of anilines is 1. The summed E-state index contributed by atoms with van der Waals surface area (Å²) in [7, 11) is 1.52. The first-order valence-electron chi connectivity index (χ1n) is 7.47. The van der Waals surface area contributed by atoms with Crippen LogP contribution in [0.5, 0.6) is 5.75 Å². The number of rotatable bonds is 7. The minimum absolute atomic E-state index is 0.359. The van der Waals surface area contributed by atoms with Crippen LogP contribution in [0.3, 0.4) is 0 Å². The van der Waals surface area contributed by atoms with Crippen LogP contribution in [-0.4, -0.2) is 31.3 Å². The van der Waals surface area contributed by atoms with Crippen LogP contribution in [0.2, 0.25) is 0 Å². The molecule has 0 atom stereocenters. The quantitative estimate of drug-likeness (QED) is 0.613. The average Bonchev–Trinajstić information content (AvgIpc) is 2.61. The molecule has 0 aliphatic rings. The summed E-state index contributed by atoms with van der Waals surface area (Å²) in [6.45, 7) is 1.65. The zero-order valence-corrected chi connectivity index (χ0v) is 14.4. The standard InChI is InChI=1S/C18H19NO4S/c1-3-24-16-11-7-4-8-13(16)18(21)23-12-17(20)19-14-9-5-6-10-15(14)22-2/h4-11H,3,12H2,1-2H3,(H,19,20). The van der Waals surface area contributed by atoms with Crippen molar-refractivity contribution in [3.05, 3.63) is 54.1 Å². The molecule has 0 bridgehead atoms. The maximum atomic E-state index is 12.2. The highest BCUT2D eigenvalue weighted by Crippen LogP contribution is 2.24. The highest BCUT2D eigenvalue weighted by Gasteiger charge is 2.15. The van der Waals surface area contributed by atoms with Crippen molar-refractivity contribution in [2.24, 2.45) is 0 Å². The minimum Gasteiger partial charge on any atom is -0.495 e. The molecule has 2 aromatic rings. The number of carbonyl (C=O) groups is 2. The van der Waals surface area contributed by atoms with Gasteiger partial charge in [-0.15, -0.1) is 11.8 Å². The van der Waals surface area contributed by atoms with E-state index in [1.807, 2.05) is 19.1 Å². The van der Waals surface area contributed by atoms with Crippen molar-refractivity contribution in [3.63, 3.8) is 0 Å². The van der Waals surface area contributed by atoms with E-state index in [1.54, 1.807) is 48.2 Å². The van der Waals surface area contributed by atoms with Crippen molar-refractivity contribution < 1.29 is 19.1 Å². The molecule has 6 heteroatoms. The first kappa shape index (κ1) is 17.9. The number of para-hydroxylation sites is 2. The van der Waals surface area contributed by atoms with Crippen molar-refractivity contribution >= 4 is 29.3 Å². The van der Waals surface area contributed by atoms with Crippen molar-refractivity contribution in [1.29, 1.82) is 0 Å². The van der Waals surface area contributed by atoms with Crippen LogP contribution in [0.1, 0.15) is 17.3 Å². The molecule has 24 heavy (non-hydrogen) atoms. The molecule has 0 aliphatic heterocycles. The van der Waals surface area contributed by atoms with E-state index in [-0.39, 0.29) is 6.61 Å². The van der Waals surface area contributed by atoms with E-state index in [0.29, 0.717) is 17.0 Å². The fraction of sp³-hybridized carbons (Fsp3) is 0.222. The number of benzene rings is 2. The van der Waals surface area contributed by atoms with E-state index < -0.39 is 11.9 Å². The molecule has 0 spiro atoms. The second-order valence-corrected chi connectivity index (χ2v) is 6.06. The van der Waals surface area contributed by atoms with Crippen LogP contribution in [0, 0.1) is 0 Å². The predicted octanol–water partition coefficient (Wildman–Crippen LogP) is 3.60. The monoisotopic (exact) mass is 345 g/mol. The lowest BCUT2D eigenvalue weighted by Gasteiger charge is -2.11. The van der Waals surface area contributed by atoms with Gasteiger partial charge in [0.05, 0.1) is 18.4 Å². The van der Waals surface area contributed by atoms with Crippen LogP contribution in [0.4, 0.5) is 5.69 Å². The summed E-state index contributed by atoms with van der Waals surface area (Å²) in [5, 5.41) is 2.66. The molecule has 0 aromatic heterocycles. The third kappa shape index (κ3) is 4.76. The third-order valence-corrected chi connectivity index (χ3v) is 4.08. The zero-order chi connectivity index (χ0) is 17.4. The van der Waals surface area contributed by atoms with Crippen molar-refractivity contribution in [2.45, 2.75) is 11.8 Å². The van der Waals surface area contributed by atoms with E-state index in [2.05, 4.69) is 5.32 Å². The van der Waals surface area contributed by atoms with Crippen LogP contribution >= 0.6 is 11.8 Å². The number of methoxy groups -OCH3 is 1. The van der Waals surface area contributed by atoms with Gasteiger partial charge in [-0.25, -0.2) is 4.79 Å². The van der Waals surface area contributed by atoms with Crippen molar-refractivity contribution in [1.82, 2.24) is 0 Å². The molecule has 5 nitrogen and oxygen atoms in total. The van der Waals surface area contributed by atoms with E-state index in [9.17, 15) is 9.59 Å². The van der Waals surface area contributed by atoms with Crippen molar-refractivity contribution in [2.75, 3.05) is 24.8 Å². The lowest BCUT2D eigenvalue weighted by atomic mass is 10.2. The molecule has 0 saturated heterocycles. The summed E-state index contributed by atoms with van der Waals surface area (Å²) >= 11 is 1.55. The van der Waals surface area contributed by atoms with Crippen molar-refractivity contribution in [3.8, 4) is 5.75 Å². The molecule has 2 rings (SSSR count). The summed E-state index contributed by atoms with van der Waals surface area (Å²) in [6, 6.07) is 14.2. The number of carbonyl (C=O) groups excluding carboxylic acids is 2. The number of esters is 1. The first-order valence-corrected chi connectivity index (χ1v) is 8.46. The van der Waals surface area contributed by atoms with Gasteiger partial charge in [0.2, 0.25) is 0 Å². The smallest absolute Gasteiger partial charge is 0.339 e. The molecular formula is C18H19NO4S. The molecular weight excluding hydrogens is 326 g/mol. The van der Waals surface area contributed by atoms with Gasteiger partial charge in [-0.1, -0.05) is 31.2 Å². The summed E-state index contributed by atoms with van der Waals surface area (Å²) in [5.41, 5.74) is 0.998. The molecule has 0 unspecified atom stereocenters. The van der Waals surface area contributed by atoms with E-state index in [1.165, 1.54) is 7.11 Å². The Labute approximate surface area is 145 Å².